The van der Waals surface area contributed by atoms with Gasteiger partial charge in [0.25, 0.3) is 0 Å². The van der Waals surface area contributed by atoms with E-state index >= 15 is 0 Å². The van der Waals surface area contributed by atoms with Crippen LogP contribution in [0.2, 0.25) is 0 Å². The highest BCUT2D eigenvalue weighted by Crippen LogP contribution is 2.32. The molecule has 0 bridgehead atoms. The molecule has 2 N–H and O–H groups in total. The van der Waals surface area contributed by atoms with Crippen LogP contribution < -0.4 is 5.73 Å². The minimum atomic E-state index is -4.34. The normalized spacial score (nSPS) is 18.8. The summed E-state index contributed by atoms with van der Waals surface area (Å²) in [5, 5.41) is 0. The zero-order chi connectivity index (χ0) is 13.2. The molecule has 0 aromatic heterocycles. The maximum absolute atomic E-state index is 12.8. The van der Waals surface area contributed by atoms with Crippen molar-refractivity contribution in [2.45, 2.75) is 38.9 Å². The van der Waals surface area contributed by atoms with Crippen molar-refractivity contribution in [2.75, 3.05) is 13.1 Å². The van der Waals surface area contributed by atoms with E-state index in [4.69, 9.17) is 5.73 Å². The molecule has 1 atom stereocenters. The molecule has 0 heterocycles. The minimum absolute atomic E-state index is 0.0785. The summed E-state index contributed by atoms with van der Waals surface area (Å²) in [5.41, 5.74) is 5.20. The molecule has 1 rings (SSSR count). The van der Waals surface area contributed by atoms with Gasteiger partial charge in [-0.3, -0.25) is 4.90 Å². The maximum atomic E-state index is 12.8. The first-order valence-corrected chi connectivity index (χ1v) is 6.22. The van der Waals surface area contributed by atoms with Gasteiger partial charge >= 0.3 is 6.18 Å². The molecule has 1 saturated carbocycles. The quantitative estimate of drug-likeness (QED) is 0.751. The third kappa shape index (κ3) is 4.79. The highest BCUT2D eigenvalue weighted by atomic mass is 32.1. The lowest BCUT2D eigenvalue weighted by molar-refractivity contribution is -0.160. The van der Waals surface area contributed by atoms with Crippen molar-refractivity contribution >= 4 is 17.2 Å². The van der Waals surface area contributed by atoms with Gasteiger partial charge in [0.1, 0.15) is 5.92 Å². The van der Waals surface area contributed by atoms with Crippen molar-refractivity contribution < 1.29 is 13.2 Å². The van der Waals surface area contributed by atoms with Crippen molar-refractivity contribution in [2.24, 2.45) is 17.6 Å². The summed E-state index contributed by atoms with van der Waals surface area (Å²) in [6.07, 6.45) is -2.11. The largest absolute Gasteiger partial charge is 0.399 e. The first-order chi connectivity index (χ1) is 7.71. The number of alkyl halides is 3. The second-order valence-electron chi connectivity index (χ2n) is 4.99. The van der Waals surface area contributed by atoms with Crippen LogP contribution in [0.1, 0.15) is 26.7 Å². The Morgan fingerprint density at radius 3 is 2.24 bits per heavy atom. The van der Waals surface area contributed by atoms with Crippen molar-refractivity contribution in [3.63, 3.8) is 0 Å². The zero-order valence-electron chi connectivity index (χ0n) is 10.1. The molecule has 1 aliphatic carbocycles. The smallest absolute Gasteiger partial charge is 0.393 e. The number of rotatable bonds is 6. The average molecular weight is 268 g/mol. The van der Waals surface area contributed by atoms with Crippen LogP contribution in [0.25, 0.3) is 0 Å². The van der Waals surface area contributed by atoms with E-state index in [1.807, 2.05) is 18.7 Å². The second kappa shape index (κ2) is 5.52. The van der Waals surface area contributed by atoms with Crippen LogP contribution in [0.4, 0.5) is 13.2 Å². The number of halogens is 3. The van der Waals surface area contributed by atoms with Crippen molar-refractivity contribution in [3.05, 3.63) is 0 Å². The average Bonchev–Trinajstić information content (AvgIpc) is 2.92. The highest BCUT2D eigenvalue weighted by Gasteiger charge is 2.43. The third-order valence-corrected chi connectivity index (χ3v) is 3.36. The Morgan fingerprint density at radius 1 is 1.41 bits per heavy atom. The Morgan fingerprint density at radius 2 is 1.94 bits per heavy atom. The Balaban J connectivity index is 2.64. The molecule has 0 saturated heterocycles. The van der Waals surface area contributed by atoms with Crippen LogP contribution in [0, 0.1) is 11.8 Å². The zero-order valence-corrected chi connectivity index (χ0v) is 10.9. The fourth-order valence-corrected chi connectivity index (χ4v) is 1.93. The number of nitrogens with zero attached hydrogens (tertiary/aromatic N) is 1. The van der Waals surface area contributed by atoms with Crippen LogP contribution in [0.3, 0.4) is 0 Å². The van der Waals surface area contributed by atoms with Gasteiger partial charge in [-0.2, -0.15) is 13.2 Å². The lowest BCUT2D eigenvalue weighted by Gasteiger charge is -2.31. The summed E-state index contributed by atoms with van der Waals surface area (Å²) in [4.78, 5) is 1.37. The van der Waals surface area contributed by atoms with E-state index in [1.54, 1.807) is 0 Å². The number of hydrogen-bond donors (Lipinski definition) is 1. The molecule has 100 valence electrons. The number of hydrogen-bond acceptors (Lipinski definition) is 2. The summed E-state index contributed by atoms with van der Waals surface area (Å²) in [6.45, 7) is 4.39. The molecule has 1 fully saturated rings. The monoisotopic (exact) mass is 268 g/mol. The lowest BCUT2D eigenvalue weighted by Crippen LogP contribution is -2.46. The van der Waals surface area contributed by atoms with Crippen LogP contribution in [-0.4, -0.2) is 35.2 Å². The molecular weight excluding hydrogens is 249 g/mol. The van der Waals surface area contributed by atoms with E-state index in [1.165, 1.54) is 0 Å². The van der Waals surface area contributed by atoms with Gasteiger partial charge in [0.05, 0.1) is 4.99 Å². The van der Waals surface area contributed by atoms with Gasteiger partial charge in [-0.15, -0.1) is 0 Å². The first-order valence-electron chi connectivity index (χ1n) is 5.82. The predicted octanol–water partition coefficient (Wildman–Crippen LogP) is 2.57. The molecule has 0 spiro atoms. The van der Waals surface area contributed by atoms with Gasteiger partial charge in [-0.05, 0) is 32.6 Å². The minimum Gasteiger partial charge on any atom is -0.393 e. The van der Waals surface area contributed by atoms with E-state index in [2.05, 4.69) is 12.2 Å². The Hall–Kier alpha value is -0.360. The molecule has 0 aromatic carbocycles. The summed E-state index contributed by atoms with van der Waals surface area (Å²) in [6, 6.07) is 0.0785. The summed E-state index contributed by atoms with van der Waals surface area (Å²) >= 11 is 4.53. The van der Waals surface area contributed by atoms with Gasteiger partial charge in [0.2, 0.25) is 0 Å². The van der Waals surface area contributed by atoms with Gasteiger partial charge in [-0.25, -0.2) is 0 Å². The SMILES string of the molecule is CC(C)N(CC1CC1)CC(C(N)=S)C(F)(F)F. The fraction of sp³-hybridized carbons (Fsp3) is 0.909. The molecular formula is C11H19F3N2S. The Labute approximate surface area is 105 Å². The van der Waals surface area contributed by atoms with E-state index in [0.29, 0.717) is 12.5 Å². The van der Waals surface area contributed by atoms with Crippen LogP contribution in [0.15, 0.2) is 0 Å². The summed E-state index contributed by atoms with van der Waals surface area (Å²) in [7, 11) is 0. The molecule has 1 aliphatic rings. The topological polar surface area (TPSA) is 29.3 Å². The van der Waals surface area contributed by atoms with Gasteiger partial charge in [-0.1, -0.05) is 12.2 Å². The van der Waals surface area contributed by atoms with Gasteiger partial charge in [0.15, 0.2) is 0 Å². The van der Waals surface area contributed by atoms with Crippen LogP contribution in [0.5, 0.6) is 0 Å². The van der Waals surface area contributed by atoms with E-state index in [9.17, 15) is 13.2 Å². The molecule has 17 heavy (non-hydrogen) atoms. The van der Waals surface area contributed by atoms with E-state index in [0.717, 1.165) is 12.8 Å². The molecule has 0 aromatic rings. The highest BCUT2D eigenvalue weighted by molar-refractivity contribution is 7.80. The molecule has 0 radical (unpaired) electrons. The Bertz CT molecular complexity index is 274. The van der Waals surface area contributed by atoms with Crippen LogP contribution in [-0.2, 0) is 0 Å². The standard InChI is InChI=1S/C11H19F3N2S/c1-7(2)16(5-8-3-4-8)6-9(10(15)17)11(12,13)14/h7-9H,3-6H2,1-2H3,(H2,15,17). The van der Waals surface area contributed by atoms with E-state index in [-0.39, 0.29) is 12.6 Å². The number of thiocarbonyl (C=S) groups is 1. The fourth-order valence-electron chi connectivity index (χ4n) is 1.72. The molecule has 1 unspecified atom stereocenters. The number of nitrogens with two attached hydrogens (primary N) is 1. The lowest BCUT2D eigenvalue weighted by atomic mass is 10.1. The van der Waals surface area contributed by atoms with E-state index < -0.39 is 17.1 Å². The molecule has 2 nitrogen and oxygen atoms in total. The maximum Gasteiger partial charge on any atom is 0.399 e. The third-order valence-electron chi connectivity index (χ3n) is 3.08. The first kappa shape index (κ1) is 14.7. The van der Waals surface area contributed by atoms with Gasteiger partial charge < -0.3 is 5.73 Å². The summed E-state index contributed by atoms with van der Waals surface area (Å²) in [5.74, 6) is -1.14. The molecule has 0 amide bonds. The Kier molecular flexibility index (Phi) is 4.77. The molecule has 6 heteroatoms. The summed E-state index contributed by atoms with van der Waals surface area (Å²) < 4.78 is 38.3. The van der Waals surface area contributed by atoms with Gasteiger partial charge in [0, 0.05) is 19.1 Å². The predicted molar refractivity (Wildman–Crippen MR) is 65.8 cm³/mol. The second-order valence-corrected chi connectivity index (χ2v) is 5.46. The van der Waals surface area contributed by atoms with Crippen molar-refractivity contribution in [1.82, 2.24) is 4.90 Å². The van der Waals surface area contributed by atoms with Crippen LogP contribution >= 0.6 is 12.2 Å². The van der Waals surface area contributed by atoms with Crippen molar-refractivity contribution in [3.8, 4) is 0 Å². The molecule has 0 aliphatic heterocycles. The van der Waals surface area contributed by atoms with Crippen molar-refractivity contribution in [1.29, 1.82) is 0 Å².